The Balaban J connectivity index is 0.952. The molecule has 2 heterocycles. The van der Waals surface area contributed by atoms with Crippen LogP contribution in [0.15, 0.2) is 18.2 Å². The van der Waals surface area contributed by atoms with Crippen molar-refractivity contribution in [2.24, 2.45) is 0 Å². The molecule has 0 saturated carbocycles. The van der Waals surface area contributed by atoms with Crippen LogP contribution in [-0.4, -0.2) is 151 Å². The number of piperazine rings is 1. The summed E-state index contributed by atoms with van der Waals surface area (Å²) in [6.45, 7) is 14.4. The number of fused-ring (bicyclic) bond motifs is 1. The Morgan fingerprint density at radius 2 is 1.12 bits per heavy atom. The fourth-order valence-corrected chi connectivity index (χ4v) is 6.33. The molecule has 0 unspecified atom stereocenters. The van der Waals surface area contributed by atoms with E-state index in [-0.39, 0.29) is 5.97 Å². The van der Waals surface area contributed by atoms with E-state index in [0.717, 1.165) is 102 Å². The Bertz CT molecular complexity index is 1190. The summed E-state index contributed by atoms with van der Waals surface area (Å²) in [5, 5.41) is 0.683. The van der Waals surface area contributed by atoms with Crippen molar-refractivity contribution in [3.8, 4) is 0 Å². The number of hydrogen-bond donors (Lipinski definition) is 0. The van der Waals surface area contributed by atoms with Crippen molar-refractivity contribution >= 4 is 40.2 Å². The minimum Gasteiger partial charge on any atom is -0.469 e. The lowest BCUT2D eigenvalue weighted by molar-refractivity contribution is -0.141. The number of unbranched alkanes of at least 4 members (excludes halogenated alkanes) is 6. The summed E-state index contributed by atoms with van der Waals surface area (Å²) in [5.41, 5.74) is 1.95. The maximum Gasteiger partial charge on any atom is 0.306 e. The van der Waals surface area contributed by atoms with E-state index in [0.29, 0.717) is 83.4 Å². The number of aryl methyl sites for hydroxylation is 1. The van der Waals surface area contributed by atoms with Gasteiger partial charge in [-0.1, -0.05) is 37.3 Å². The standard InChI is InChI=1S/C38H64Cl2N4O8/c1-46-38(45)12-14-42-15-17-43(18-16-42)19-23-50-27-31-52-29-25-48-21-8-5-3-2-4-7-20-47-24-28-51-30-26-49-22-9-6-13-44-36-11-10-34(40)32-35(36)41-37(44)33-39/h10-11,32H,2-9,12-31,33H2,1H3. The number of alkyl halides is 1. The second-order valence-electron chi connectivity index (χ2n) is 13.0. The zero-order valence-electron chi connectivity index (χ0n) is 31.5. The maximum atomic E-state index is 11.3. The van der Waals surface area contributed by atoms with Gasteiger partial charge < -0.3 is 42.6 Å². The number of ether oxygens (including phenoxy) is 7. The van der Waals surface area contributed by atoms with Crippen LogP contribution in [0.3, 0.4) is 0 Å². The third-order valence-electron chi connectivity index (χ3n) is 9.02. The van der Waals surface area contributed by atoms with Crippen LogP contribution < -0.4 is 0 Å². The number of methoxy groups -OCH3 is 1. The first-order chi connectivity index (χ1) is 25.6. The molecule has 1 aromatic carbocycles. The van der Waals surface area contributed by atoms with Crippen molar-refractivity contribution in [1.82, 2.24) is 19.4 Å². The lowest BCUT2D eigenvalue weighted by Gasteiger charge is -2.34. The Kier molecular flexibility index (Phi) is 25.6. The number of rotatable bonds is 33. The van der Waals surface area contributed by atoms with Gasteiger partial charge in [0, 0.05) is 70.7 Å². The van der Waals surface area contributed by atoms with Gasteiger partial charge in [0.1, 0.15) is 5.82 Å². The quantitative estimate of drug-likeness (QED) is 0.0497. The van der Waals surface area contributed by atoms with E-state index in [1.165, 1.54) is 32.8 Å². The van der Waals surface area contributed by atoms with Crippen molar-refractivity contribution in [1.29, 1.82) is 0 Å². The van der Waals surface area contributed by atoms with Crippen molar-refractivity contribution in [3.63, 3.8) is 0 Å². The van der Waals surface area contributed by atoms with Gasteiger partial charge in [-0.3, -0.25) is 9.69 Å². The van der Waals surface area contributed by atoms with Crippen molar-refractivity contribution in [2.75, 3.05) is 126 Å². The molecular formula is C38H64Cl2N4O8. The van der Waals surface area contributed by atoms with E-state index in [9.17, 15) is 4.79 Å². The number of aromatic nitrogens is 2. The second kappa shape index (κ2) is 29.7. The number of benzene rings is 1. The summed E-state index contributed by atoms with van der Waals surface area (Å²) in [6, 6.07) is 5.77. The largest absolute Gasteiger partial charge is 0.469 e. The summed E-state index contributed by atoms with van der Waals surface area (Å²) in [6.07, 6.45) is 9.44. The predicted molar refractivity (Wildman–Crippen MR) is 206 cm³/mol. The minimum atomic E-state index is -0.142. The SMILES string of the molecule is COC(=O)CCN1CCN(CCOCCOCCOCCCCCCCCOCCOCCOCCCCn2c(CCl)nc3cc(Cl)ccc32)CC1. The number of carbonyl (C=O) groups excluding carboxylic acids is 1. The molecule has 52 heavy (non-hydrogen) atoms. The monoisotopic (exact) mass is 774 g/mol. The topological polar surface area (TPSA) is 106 Å². The highest BCUT2D eigenvalue weighted by Crippen LogP contribution is 2.22. The summed E-state index contributed by atoms with van der Waals surface area (Å²) in [7, 11) is 1.44. The number of halogens is 2. The number of nitrogens with zero attached hydrogens (tertiary/aromatic N) is 4. The Morgan fingerprint density at radius 3 is 1.65 bits per heavy atom. The molecule has 0 atom stereocenters. The lowest BCUT2D eigenvalue weighted by atomic mass is 10.1. The third-order valence-corrected chi connectivity index (χ3v) is 9.50. The van der Waals surface area contributed by atoms with Crippen LogP contribution in [0.4, 0.5) is 0 Å². The molecule has 0 aliphatic carbocycles. The van der Waals surface area contributed by atoms with E-state index >= 15 is 0 Å². The van der Waals surface area contributed by atoms with Gasteiger partial charge in [-0.05, 0) is 43.9 Å². The van der Waals surface area contributed by atoms with E-state index in [1.54, 1.807) is 0 Å². The number of carbonyl (C=O) groups is 1. The molecule has 0 spiro atoms. The summed E-state index contributed by atoms with van der Waals surface area (Å²) < 4.78 is 41.0. The molecular weight excluding hydrogens is 711 g/mol. The van der Waals surface area contributed by atoms with Crippen molar-refractivity contribution < 1.29 is 38.0 Å². The van der Waals surface area contributed by atoms with Crippen LogP contribution >= 0.6 is 23.2 Å². The van der Waals surface area contributed by atoms with E-state index < -0.39 is 0 Å². The molecule has 1 aliphatic heterocycles. The van der Waals surface area contributed by atoms with E-state index in [2.05, 4.69) is 19.4 Å². The van der Waals surface area contributed by atoms with Crippen LogP contribution in [0.25, 0.3) is 11.0 Å². The van der Waals surface area contributed by atoms with Crippen LogP contribution in [0.5, 0.6) is 0 Å². The summed E-state index contributed by atoms with van der Waals surface area (Å²) >= 11 is 12.2. The molecule has 0 amide bonds. The van der Waals surface area contributed by atoms with Gasteiger partial charge in [-0.15, -0.1) is 11.6 Å². The molecule has 2 aromatic rings. The van der Waals surface area contributed by atoms with Crippen molar-refractivity contribution in [2.45, 2.75) is 70.2 Å². The van der Waals surface area contributed by atoms with E-state index in [1.807, 2.05) is 18.2 Å². The van der Waals surface area contributed by atoms with Gasteiger partial charge in [0.25, 0.3) is 0 Å². The highest BCUT2D eigenvalue weighted by molar-refractivity contribution is 6.31. The third kappa shape index (κ3) is 20.2. The van der Waals surface area contributed by atoms with E-state index in [4.69, 9.17) is 56.4 Å². The van der Waals surface area contributed by atoms with Crippen LogP contribution in [-0.2, 0) is 50.4 Å². The van der Waals surface area contributed by atoms with Gasteiger partial charge in [0.15, 0.2) is 0 Å². The number of hydrogen-bond acceptors (Lipinski definition) is 11. The van der Waals surface area contributed by atoms with Crippen LogP contribution in [0.2, 0.25) is 5.02 Å². The molecule has 3 rings (SSSR count). The molecule has 298 valence electrons. The van der Waals surface area contributed by atoms with Gasteiger partial charge in [-0.2, -0.15) is 0 Å². The fraction of sp³-hybridized carbons (Fsp3) is 0.789. The molecule has 14 heteroatoms. The molecule has 1 aromatic heterocycles. The minimum absolute atomic E-state index is 0.142. The number of imidazole rings is 1. The van der Waals surface area contributed by atoms with Crippen molar-refractivity contribution in [3.05, 3.63) is 29.0 Å². The Hall–Kier alpha value is -1.58. The van der Waals surface area contributed by atoms with Gasteiger partial charge in [-0.25, -0.2) is 4.98 Å². The second-order valence-corrected chi connectivity index (χ2v) is 13.7. The molecule has 1 aliphatic rings. The lowest BCUT2D eigenvalue weighted by Crippen LogP contribution is -2.47. The Morgan fingerprint density at radius 1 is 0.635 bits per heavy atom. The molecule has 0 bridgehead atoms. The van der Waals surface area contributed by atoms with Crippen LogP contribution in [0.1, 0.15) is 63.6 Å². The highest BCUT2D eigenvalue weighted by Gasteiger charge is 2.17. The molecule has 12 nitrogen and oxygen atoms in total. The zero-order valence-corrected chi connectivity index (χ0v) is 33.1. The summed E-state index contributed by atoms with van der Waals surface area (Å²) in [5.74, 6) is 1.11. The zero-order chi connectivity index (χ0) is 36.9. The van der Waals surface area contributed by atoms with Gasteiger partial charge in [0.2, 0.25) is 0 Å². The predicted octanol–water partition coefficient (Wildman–Crippen LogP) is 5.83. The summed E-state index contributed by atoms with van der Waals surface area (Å²) in [4.78, 5) is 20.6. The first-order valence-corrected chi connectivity index (χ1v) is 20.2. The van der Waals surface area contributed by atoms with Gasteiger partial charge in [0.05, 0.1) is 89.9 Å². The fourth-order valence-electron chi connectivity index (χ4n) is 5.96. The first kappa shape index (κ1) is 44.8. The van der Waals surface area contributed by atoms with Gasteiger partial charge >= 0.3 is 5.97 Å². The smallest absolute Gasteiger partial charge is 0.306 e. The molecule has 0 radical (unpaired) electrons. The van der Waals surface area contributed by atoms with Crippen LogP contribution in [0, 0.1) is 0 Å². The molecule has 0 N–H and O–H groups in total. The maximum absolute atomic E-state index is 11.3. The average molecular weight is 776 g/mol. The first-order valence-electron chi connectivity index (χ1n) is 19.3. The highest BCUT2D eigenvalue weighted by atomic mass is 35.5. The molecule has 1 fully saturated rings. The number of esters is 1. The Labute approximate surface area is 321 Å². The average Bonchev–Trinajstić information content (AvgIpc) is 3.51. The molecule has 1 saturated heterocycles. The normalized spacial score (nSPS) is 14.1.